The van der Waals surface area contributed by atoms with Crippen LogP contribution in [0.15, 0.2) is 24.3 Å². The van der Waals surface area contributed by atoms with Gasteiger partial charge in [-0.1, -0.05) is 39.0 Å². The Morgan fingerprint density at radius 3 is 2.41 bits per heavy atom. The topological polar surface area (TPSA) is 12.0 Å². The van der Waals surface area contributed by atoms with Gasteiger partial charge in [0.25, 0.3) is 0 Å². The predicted molar refractivity (Wildman–Crippen MR) is 69.5 cm³/mol. The fraction of sp³-hybridized carbons (Fsp3) is 0.600. The highest BCUT2D eigenvalue weighted by atomic mass is 19.1. The van der Waals surface area contributed by atoms with Crippen molar-refractivity contribution >= 4 is 0 Å². The SMILES string of the molecule is CC(C)(C)CC1(Cc2ccccc2F)CCN1. The van der Waals surface area contributed by atoms with Crippen molar-refractivity contribution in [3.8, 4) is 0 Å². The maximum Gasteiger partial charge on any atom is 0.126 e. The standard InChI is InChI=1S/C15H22FN/c1-14(2,3)11-15(8-9-17-15)10-12-6-4-5-7-13(12)16/h4-7,17H,8-11H2,1-3H3. The number of hydrogen-bond donors (Lipinski definition) is 1. The molecule has 1 saturated heterocycles. The van der Waals surface area contributed by atoms with Gasteiger partial charge in [0.05, 0.1) is 0 Å². The van der Waals surface area contributed by atoms with Gasteiger partial charge in [0, 0.05) is 5.54 Å². The average molecular weight is 235 g/mol. The van der Waals surface area contributed by atoms with E-state index in [1.165, 1.54) is 0 Å². The van der Waals surface area contributed by atoms with E-state index in [-0.39, 0.29) is 16.8 Å². The van der Waals surface area contributed by atoms with Crippen molar-refractivity contribution in [1.29, 1.82) is 0 Å². The van der Waals surface area contributed by atoms with Gasteiger partial charge in [0.2, 0.25) is 0 Å². The van der Waals surface area contributed by atoms with E-state index in [2.05, 4.69) is 26.1 Å². The molecule has 1 N–H and O–H groups in total. The Morgan fingerprint density at radius 1 is 1.29 bits per heavy atom. The molecule has 1 aliphatic rings. The summed E-state index contributed by atoms with van der Waals surface area (Å²) >= 11 is 0. The van der Waals surface area contributed by atoms with Crippen molar-refractivity contribution in [1.82, 2.24) is 5.32 Å². The third kappa shape index (κ3) is 3.06. The first-order chi connectivity index (χ1) is 7.90. The molecule has 2 heteroatoms. The highest BCUT2D eigenvalue weighted by molar-refractivity contribution is 5.21. The zero-order valence-corrected chi connectivity index (χ0v) is 11.0. The minimum absolute atomic E-state index is 0.0746. The number of benzene rings is 1. The van der Waals surface area contributed by atoms with Gasteiger partial charge < -0.3 is 5.32 Å². The maximum atomic E-state index is 13.7. The van der Waals surface area contributed by atoms with E-state index in [0.29, 0.717) is 0 Å². The highest BCUT2D eigenvalue weighted by Gasteiger charge is 2.39. The summed E-state index contributed by atoms with van der Waals surface area (Å²) in [7, 11) is 0. The molecule has 0 saturated carbocycles. The summed E-state index contributed by atoms with van der Waals surface area (Å²) in [5.74, 6) is -0.0746. The molecule has 1 aliphatic heterocycles. The van der Waals surface area contributed by atoms with Crippen LogP contribution in [0.4, 0.5) is 4.39 Å². The van der Waals surface area contributed by atoms with Gasteiger partial charge in [-0.3, -0.25) is 0 Å². The second-order valence-corrected chi connectivity index (χ2v) is 6.46. The number of rotatable bonds is 3. The summed E-state index contributed by atoms with van der Waals surface area (Å²) < 4.78 is 13.7. The Bertz CT molecular complexity index is 388. The van der Waals surface area contributed by atoms with Crippen LogP contribution in [0.25, 0.3) is 0 Å². The monoisotopic (exact) mass is 235 g/mol. The third-order valence-corrected chi connectivity index (χ3v) is 3.46. The number of nitrogens with one attached hydrogen (secondary N) is 1. The first kappa shape index (κ1) is 12.6. The molecule has 0 aliphatic carbocycles. The number of hydrogen-bond acceptors (Lipinski definition) is 1. The van der Waals surface area contributed by atoms with E-state index >= 15 is 0 Å². The summed E-state index contributed by atoms with van der Waals surface area (Å²) in [5.41, 5.74) is 1.23. The van der Waals surface area contributed by atoms with E-state index in [4.69, 9.17) is 0 Å². The lowest BCUT2D eigenvalue weighted by Gasteiger charge is -2.47. The van der Waals surface area contributed by atoms with Crippen molar-refractivity contribution in [3.05, 3.63) is 35.6 Å². The van der Waals surface area contributed by atoms with Crippen LogP contribution in [0, 0.1) is 11.2 Å². The first-order valence-electron chi connectivity index (χ1n) is 6.39. The van der Waals surface area contributed by atoms with Crippen molar-refractivity contribution in [2.75, 3.05) is 6.54 Å². The molecule has 1 fully saturated rings. The summed E-state index contributed by atoms with van der Waals surface area (Å²) in [6.45, 7) is 7.80. The molecule has 0 bridgehead atoms. The Morgan fingerprint density at radius 2 is 1.94 bits per heavy atom. The van der Waals surface area contributed by atoms with Gasteiger partial charge >= 0.3 is 0 Å². The minimum Gasteiger partial charge on any atom is -0.311 e. The molecule has 0 aromatic heterocycles. The molecule has 1 nitrogen and oxygen atoms in total. The lowest BCUT2D eigenvalue weighted by molar-refractivity contribution is 0.131. The summed E-state index contributed by atoms with van der Waals surface area (Å²) in [4.78, 5) is 0. The smallest absolute Gasteiger partial charge is 0.126 e. The van der Waals surface area contributed by atoms with Gasteiger partial charge in [-0.05, 0) is 42.9 Å². The van der Waals surface area contributed by atoms with Gasteiger partial charge in [0.1, 0.15) is 5.82 Å². The van der Waals surface area contributed by atoms with Crippen molar-refractivity contribution in [3.63, 3.8) is 0 Å². The molecule has 1 aromatic carbocycles. The largest absolute Gasteiger partial charge is 0.311 e. The zero-order chi connectivity index (χ0) is 12.5. The Hall–Kier alpha value is -0.890. The fourth-order valence-corrected chi connectivity index (χ4v) is 2.86. The van der Waals surface area contributed by atoms with Crippen LogP contribution in [0.3, 0.4) is 0 Å². The quantitative estimate of drug-likeness (QED) is 0.845. The number of halogens is 1. The highest BCUT2D eigenvalue weighted by Crippen LogP contribution is 2.36. The second kappa shape index (κ2) is 4.41. The van der Waals surface area contributed by atoms with Gasteiger partial charge in [0.15, 0.2) is 0 Å². The van der Waals surface area contributed by atoms with E-state index in [9.17, 15) is 4.39 Å². The van der Waals surface area contributed by atoms with Gasteiger partial charge in [-0.25, -0.2) is 4.39 Å². The van der Waals surface area contributed by atoms with Crippen molar-refractivity contribution in [2.24, 2.45) is 5.41 Å². The maximum absolute atomic E-state index is 13.7. The first-order valence-corrected chi connectivity index (χ1v) is 6.39. The van der Waals surface area contributed by atoms with Crippen molar-refractivity contribution < 1.29 is 4.39 Å². The van der Waals surface area contributed by atoms with Crippen LogP contribution in [0.1, 0.15) is 39.2 Å². The minimum atomic E-state index is -0.0746. The molecule has 0 amide bonds. The van der Waals surface area contributed by atoms with Crippen molar-refractivity contribution in [2.45, 2.75) is 45.6 Å². The molecule has 17 heavy (non-hydrogen) atoms. The lowest BCUT2D eigenvalue weighted by Crippen LogP contribution is -2.60. The molecule has 1 atom stereocenters. The summed E-state index contributed by atoms with van der Waals surface area (Å²) in [5, 5.41) is 3.52. The molecule has 1 aromatic rings. The molecule has 2 rings (SSSR count). The van der Waals surface area contributed by atoms with Gasteiger partial charge in [-0.15, -0.1) is 0 Å². The lowest BCUT2D eigenvalue weighted by atomic mass is 9.71. The fourth-order valence-electron chi connectivity index (χ4n) is 2.86. The van der Waals surface area contributed by atoms with E-state index in [1.54, 1.807) is 12.1 Å². The molecule has 1 unspecified atom stereocenters. The molecular formula is C15H22FN. The third-order valence-electron chi connectivity index (χ3n) is 3.46. The molecule has 0 radical (unpaired) electrons. The van der Waals surface area contributed by atoms with Gasteiger partial charge in [-0.2, -0.15) is 0 Å². The van der Waals surface area contributed by atoms with Crippen LogP contribution >= 0.6 is 0 Å². The van der Waals surface area contributed by atoms with Crippen LogP contribution in [0.2, 0.25) is 0 Å². The zero-order valence-electron chi connectivity index (χ0n) is 11.0. The van der Waals surface area contributed by atoms with E-state index < -0.39 is 0 Å². The predicted octanol–water partition coefficient (Wildman–Crippen LogP) is 3.54. The Labute approximate surface area is 103 Å². The van der Waals surface area contributed by atoms with Crippen LogP contribution in [-0.4, -0.2) is 12.1 Å². The Balaban J connectivity index is 2.13. The second-order valence-electron chi connectivity index (χ2n) is 6.46. The van der Waals surface area contributed by atoms with E-state index in [0.717, 1.165) is 31.4 Å². The van der Waals surface area contributed by atoms with Crippen LogP contribution in [0.5, 0.6) is 0 Å². The average Bonchev–Trinajstić information content (AvgIpc) is 2.16. The Kier molecular flexibility index (Phi) is 3.26. The normalized spacial score (nSPS) is 24.5. The molecule has 1 heterocycles. The summed E-state index contributed by atoms with van der Waals surface area (Å²) in [6.07, 6.45) is 3.05. The molecular weight excluding hydrogens is 213 g/mol. The molecule has 0 spiro atoms. The van der Waals surface area contributed by atoms with Crippen LogP contribution < -0.4 is 5.32 Å². The van der Waals surface area contributed by atoms with E-state index in [1.807, 2.05) is 12.1 Å². The van der Waals surface area contributed by atoms with Crippen LogP contribution in [-0.2, 0) is 6.42 Å². The summed E-state index contributed by atoms with van der Waals surface area (Å²) in [6, 6.07) is 7.13. The molecule has 94 valence electrons.